The summed E-state index contributed by atoms with van der Waals surface area (Å²) in [6.07, 6.45) is 0.780. The highest BCUT2D eigenvalue weighted by molar-refractivity contribution is 7.52. The molecule has 2 aromatic rings. The van der Waals surface area contributed by atoms with Crippen molar-refractivity contribution in [3.05, 3.63) is 16.7 Å². The predicted octanol–water partition coefficient (Wildman–Crippen LogP) is -1.26. The van der Waals surface area contributed by atoms with Crippen LogP contribution >= 0.6 is 7.60 Å². The van der Waals surface area contributed by atoms with Crippen LogP contribution < -0.4 is 17.4 Å². The second-order valence-corrected chi connectivity index (χ2v) is 6.11. The highest BCUT2D eigenvalue weighted by Gasteiger charge is 2.39. The Morgan fingerprint density at radius 2 is 2.27 bits per heavy atom. The zero-order chi connectivity index (χ0) is 15.2. The van der Waals surface area contributed by atoms with Crippen molar-refractivity contribution < 1.29 is 23.8 Å². The number of fused-ring (bicyclic) bond motifs is 1. The summed E-state index contributed by atoms with van der Waals surface area (Å²) < 4.78 is 22.6. The van der Waals surface area contributed by atoms with Crippen molar-refractivity contribution in [2.24, 2.45) is 0 Å². The van der Waals surface area contributed by atoms with Gasteiger partial charge in [0.15, 0.2) is 11.2 Å². The van der Waals surface area contributed by atoms with E-state index < -0.39 is 25.3 Å². The van der Waals surface area contributed by atoms with Gasteiger partial charge in [-0.2, -0.15) is 4.98 Å². The fourth-order valence-electron chi connectivity index (χ4n) is 2.03. The fraction of sp³-hybridized carbons (Fsp3) is 0.444. The Balaban J connectivity index is 0.00000176. The quantitative estimate of drug-likeness (QED) is 0.422. The molecule has 1 aliphatic rings. The van der Waals surface area contributed by atoms with Crippen LogP contribution in [-0.4, -0.2) is 48.0 Å². The van der Waals surface area contributed by atoms with Crippen molar-refractivity contribution >= 4 is 24.7 Å². The number of imidazole rings is 1. The Kier molecular flexibility index (Phi) is 4.33. The third kappa shape index (κ3) is 3.02. The van der Waals surface area contributed by atoms with Gasteiger partial charge in [0.05, 0.1) is 19.5 Å². The molecule has 0 aliphatic carbocycles. The van der Waals surface area contributed by atoms with E-state index in [-0.39, 0.29) is 36.4 Å². The first-order chi connectivity index (χ1) is 9.84. The van der Waals surface area contributed by atoms with Crippen molar-refractivity contribution in [1.82, 2.24) is 25.7 Å². The Morgan fingerprint density at radius 1 is 1.55 bits per heavy atom. The van der Waals surface area contributed by atoms with Crippen molar-refractivity contribution in [2.45, 2.75) is 18.7 Å². The van der Waals surface area contributed by atoms with E-state index in [0.29, 0.717) is 0 Å². The van der Waals surface area contributed by atoms with Crippen LogP contribution in [0.2, 0.25) is 0 Å². The number of hydrogen-bond donors (Lipinski definition) is 5. The number of nitrogen functional groups attached to an aromatic ring is 1. The number of nitrogens with two attached hydrogens (primary N) is 1. The molecule has 8 N–H and O–H groups in total. The Labute approximate surface area is 123 Å². The summed E-state index contributed by atoms with van der Waals surface area (Å²) in [5, 5.41) is 0. The standard InChI is InChI=1S/C9H12N5O6P.H3N/c10-8-12-6-5(7(15)13-8)11-3-14(6)1-4-2-19-9(20-4)21(16,17)18;/h3-4,9H,1-2H2,(H2,16,17,18)(H3,10,12,13,15);1H3/t4-,9+;/m0./s1. The van der Waals surface area contributed by atoms with Gasteiger partial charge in [-0.1, -0.05) is 0 Å². The molecule has 22 heavy (non-hydrogen) atoms. The van der Waals surface area contributed by atoms with Gasteiger partial charge in [-0.25, -0.2) is 4.98 Å². The summed E-state index contributed by atoms with van der Waals surface area (Å²) in [6, 6.07) is -1.57. The van der Waals surface area contributed by atoms with Crippen LogP contribution in [0.15, 0.2) is 11.1 Å². The molecular formula is C9H15N6O6P. The lowest BCUT2D eigenvalue weighted by Gasteiger charge is -2.12. The molecule has 2 aromatic heterocycles. The largest absolute Gasteiger partial charge is 0.381 e. The fourth-order valence-corrected chi connectivity index (χ4v) is 2.64. The lowest BCUT2D eigenvalue weighted by molar-refractivity contribution is -0.0146. The van der Waals surface area contributed by atoms with E-state index >= 15 is 0 Å². The molecular weight excluding hydrogens is 319 g/mol. The van der Waals surface area contributed by atoms with Gasteiger partial charge in [-0.05, 0) is 0 Å². The molecule has 12 nitrogen and oxygen atoms in total. The van der Waals surface area contributed by atoms with E-state index in [1.807, 2.05) is 0 Å². The number of nitrogens with zero attached hydrogens (tertiary/aromatic N) is 3. The molecule has 1 saturated heterocycles. The second kappa shape index (κ2) is 5.76. The first kappa shape index (κ1) is 16.5. The molecule has 0 amide bonds. The maximum absolute atomic E-state index is 11.6. The van der Waals surface area contributed by atoms with Gasteiger partial charge in [-0.15, -0.1) is 0 Å². The van der Waals surface area contributed by atoms with Crippen molar-refractivity contribution in [2.75, 3.05) is 12.3 Å². The van der Waals surface area contributed by atoms with Gasteiger partial charge in [0.1, 0.15) is 6.10 Å². The Morgan fingerprint density at radius 3 is 2.91 bits per heavy atom. The predicted molar refractivity (Wildman–Crippen MR) is 74.2 cm³/mol. The van der Waals surface area contributed by atoms with E-state index in [4.69, 9.17) is 25.0 Å². The maximum atomic E-state index is 11.6. The van der Waals surface area contributed by atoms with E-state index in [1.165, 1.54) is 10.9 Å². The molecule has 3 rings (SSSR count). The summed E-state index contributed by atoms with van der Waals surface area (Å²) in [5.74, 6) is -0.0501. The number of H-pyrrole nitrogens is 1. The molecule has 122 valence electrons. The first-order valence-corrected chi connectivity index (χ1v) is 7.55. The van der Waals surface area contributed by atoms with Crippen molar-refractivity contribution in [3.8, 4) is 0 Å². The minimum absolute atomic E-state index is 0. The van der Waals surface area contributed by atoms with Crippen LogP contribution in [0.25, 0.3) is 11.2 Å². The zero-order valence-corrected chi connectivity index (χ0v) is 12.1. The third-order valence-corrected chi connectivity index (χ3v) is 3.72. The Hall–Kier alpha value is -1.82. The number of aromatic amines is 1. The number of hydrogen-bond acceptors (Lipinski definition) is 8. The van der Waals surface area contributed by atoms with Gasteiger partial charge < -0.3 is 35.7 Å². The average Bonchev–Trinajstić information content (AvgIpc) is 2.97. The summed E-state index contributed by atoms with van der Waals surface area (Å²) >= 11 is 0. The van der Waals surface area contributed by atoms with Gasteiger partial charge in [-0.3, -0.25) is 14.3 Å². The number of anilines is 1. The summed E-state index contributed by atoms with van der Waals surface area (Å²) in [7, 11) is -4.46. The number of rotatable bonds is 3. The minimum Gasteiger partial charge on any atom is -0.369 e. The highest BCUT2D eigenvalue weighted by atomic mass is 31.2. The number of ether oxygens (including phenoxy) is 2. The van der Waals surface area contributed by atoms with Gasteiger partial charge in [0.2, 0.25) is 5.95 Å². The van der Waals surface area contributed by atoms with E-state index in [9.17, 15) is 9.36 Å². The smallest absolute Gasteiger partial charge is 0.369 e. The Bertz CT molecular complexity index is 782. The lowest BCUT2D eigenvalue weighted by Crippen LogP contribution is -2.20. The molecule has 0 saturated carbocycles. The summed E-state index contributed by atoms with van der Waals surface area (Å²) in [5.41, 5.74) is 5.39. The molecule has 13 heteroatoms. The number of aromatic nitrogens is 4. The van der Waals surface area contributed by atoms with Crippen LogP contribution in [0.4, 0.5) is 5.95 Å². The van der Waals surface area contributed by atoms with Crippen LogP contribution in [0.3, 0.4) is 0 Å². The average molecular weight is 334 g/mol. The van der Waals surface area contributed by atoms with E-state index in [2.05, 4.69) is 15.0 Å². The van der Waals surface area contributed by atoms with Crippen LogP contribution in [0.1, 0.15) is 0 Å². The van der Waals surface area contributed by atoms with Crippen LogP contribution in [0.5, 0.6) is 0 Å². The van der Waals surface area contributed by atoms with E-state index in [1.54, 1.807) is 0 Å². The van der Waals surface area contributed by atoms with Crippen LogP contribution in [0, 0.1) is 0 Å². The van der Waals surface area contributed by atoms with Crippen molar-refractivity contribution in [3.63, 3.8) is 0 Å². The normalized spacial score (nSPS) is 21.9. The van der Waals surface area contributed by atoms with Gasteiger partial charge >= 0.3 is 7.60 Å². The molecule has 1 aliphatic heterocycles. The van der Waals surface area contributed by atoms with E-state index in [0.717, 1.165) is 0 Å². The molecule has 0 unspecified atom stereocenters. The molecule has 0 radical (unpaired) electrons. The first-order valence-electron chi connectivity index (χ1n) is 5.87. The zero-order valence-electron chi connectivity index (χ0n) is 11.2. The second-order valence-electron chi connectivity index (χ2n) is 4.51. The molecule has 0 spiro atoms. The molecule has 3 heterocycles. The summed E-state index contributed by atoms with van der Waals surface area (Å²) in [4.78, 5) is 39.8. The highest BCUT2D eigenvalue weighted by Crippen LogP contribution is 2.45. The minimum atomic E-state index is -4.46. The molecule has 0 bridgehead atoms. The molecule has 1 fully saturated rings. The summed E-state index contributed by atoms with van der Waals surface area (Å²) in [6.45, 7) is 0.178. The lowest BCUT2D eigenvalue weighted by atomic mass is 10.4. The molecule has 2 atom stereocenters. The number of nitrogens with one attached hydrogen (secondary N) is 1. The molecule has 0 aromatic carbocycles. The third-order valence-electron chi connectivity index (χ3n) is 2.90. The van der Waals surface area contributed by atoms with Crippen molar-refractivity contribution in [1.29, 1.82) is 0 Å². The van der Waals surface area contributed by atoms with Gasteiger partial charge in [0.25, 0.3) is 11.6 Å². The topological polar surface area (TPSA) is 201 Å². The van der Waals surface area contributed by atoms with Gasteiger partial charge in [0, 0.05) is 0 Å². The monoisotopic (exact) mass is 334 g/mol. The SMILES string of the molecule is N.Nc1nc2c(ncn2C[C@H]2CO[C@@H](P(=O)(O)O)O2)c(=O)[nH]1. The maximum Gasteiger partial charge on any atom is 0.381 e. The van der Waals surface area contributed by atoms with Crippen LogP contribution in [-0.2, 0) is 20.6 Å².